The van der Waals surface area contributed by atoms with Crippen molar-refractivity contribution in [3.63, 3.8) is 0 Å². The number of benzene rings is 3. The number of aromatic hydroxyl groups is 1. The maximum absolute atomic E-state index is 13.5. The van der Waals surface area contributed by atoms with E-state index in [1.165, 1.54) is 0 Å². The van der Waals surface area contributed by atoms with Crippen LogP contribution in [0.15, 0.2) is 66.7 Å². The molecule has 8 nitrogen and oxygen atoms in total. The summed E-state index contributed by atoms with van der Waals surface area (Å²) >= 11 is 0. The molecular formula is C33H43N3O5. The fourth-order valence-electron chi connectivity index (χ4n) is 4.84. The van der Waals surface area contributed by atoms with Gasteiger partial charge in [-0.1, -0.05) is 38.1 Å². The number of nitrogens with one attached hydrogen (secondary N) is 2. The van der Waals surface area contributed by atoms with Crippen molar-refractivity contribution in [1.82, 2.24) is 15.5 Å². The number of nitrogens with zero attached hydrogens (tertiary/aromatic N) is 1. The Balaban J connectivity index is 1.77. The third kappa shape index (κ3) is 9.62. The topological polar surface area (TPSA) is 111 Å². The zero-order chi connectivity index (χ0) is 29.8. The maximum Gasteiger partial charge on any atom is 0.253 e. The van der Waals surface area contributed by atoms with Gasteiger partial charge < -0.3 is 30.5 Å². The molecule has 0 bridgehead atoms. The largest absolute Gasteiger partial charge is 0.508 e. The maximum atomic E-state index is 13.5. The van der Waals surface area contributed by atoms with Gasteiger partial charge >= 0.3 is 0 Å². The van der Waals surface area contributed by atoms with E-state index in [-0.39, 0.29) is 24.1 Å². The average Bonchev–Trinajstić information content (AvgIpc) is 2.96. The Morgan fingerprint density at radius 2 is 1.61 bits per heavy atom. The van der Waals surface area contributed by atoms with Crippen LogP contribution in [0.1, 0.15) is 64.1 Å². The number of phenolic OH excluding ortho intramolecular Hbond substituents is 1. The van der Waals surface area contributed by atoms with E-state index in [9.17, 15) is 19.8 Å². The molecule has 3 aromatic carbocycles. The molecule has 0 spiro atoms. The first kappa shape index (κ1) is 31.6. The summed E-state index contributed by atoms with van der Waals surface area (Å²) in [6, 6.07) is 19.0. The highest BCUT2D eigenvalue weighted by molar-refractivity contribution is 6.00. The Bertz CT molecular complexity index is 1290. The standard InChI is InChI=1S/C33H43N3O5/c1-5-13-36(14-6-2)33(40)27-16-23(3)15-26(20-27)32(39)35-30(19-24-9-7-11-28(37)17-24)31(38)22-34-21-25-10-8-12-29(18-25)41-4/h7-12,15-18,20,30-31,34,37-38H,5-6,13-14,19,21-22H2,1-4H3,(H,35,39)/t30-,31+/m0/s1. The molecule has 8 heteroatoms. The van der Waals surface area contributed by atoms with Crippen molar-refractivity contribution in [2.45, 2.75) is 58.7 Å². The van der Waals surface area contributed by atoms with Crippen LogP contribution >= 0.6 is 0 Å². The van der Waals surface area contributed by atoms with E-state index < -0.39 is 12.1 Å². The minimum absolute atomic E-state index is 0.0930. The molecule has 0 saturated heterocycles. The first-order chi connectivity index (χ1) is 19.7. The third-order valence-electron chi connectivity index (χ3n) is 6.82. The zero-order valence-electron chi connectivity index (χ0n) is 24.5. The van der Waals surface area contributed by atoms with Gasteiger partial charge in [0.25, 0.3) is 11.8 Å². The van der Waals surface area contributed by atoms with Gasteiger partial charge in [-0.2, -0.15) is 0 Å². The molecule has 0 aliphatic rings. The Morgan fingerprint density at radius 3 is 2.29 bits per heavy atom. The number of phenols is 1. The lowest BCUT2D eigenvalue weighted by molar-refractivity contribution is 0.0755. The van der Waals surface area contributed by atoms with Crippen molar-refractivity contribution in [3.05, 3.63) is 94.5 Å². The SMILES string of the molecule is CCCN(CCC)C(=O)c1cc(C)cc(C(=O)N[C@@H](Cc2cccc(O)c2)[C@H](O)CNCc2cccc(OC)c2)c1. The zero-order valence-corrected chi connectivity index (χ0v) is 24.5. The van der Waals surface area contributed by atoms with Crippen LogP contribution in [0.25, 0.3) is 0 Å². The van der Waals surface area contributed by atoms with Crippen LogP contribution in [-0.4, -0.2) is 65.8 Å². The van der Waals surface area contributed by atoms with Crippen molar-refractivity contribution in [2.24, 2.45) is 0 Å². The number of carbonyl (C=O) groups is 2. The number of amides is 2. The van der Waals surface area contributed by atoms with Crippen molar-refractivity contribution >= 4 is 11.8 Å². The summed E-state index contributed by atoms with van der Waals surface area (Å²) in [6.45, 7) is 7.98. The second kappa shape index (κ2) is 15.8. The quantitative estimate of drug-likeness (QED) is 0.218. The van der Waals surface area contributed by atoms with Crippen LogP contribution in [0.3, 0.4) is 0 Å². The van der Waals surface area contributed by atoms with Gasteiger partial charge in [0.2, 0.25) is 0 Å². The van der Waals surface area contributed by atoms with Gasteiger partial charge in [0.15, 0.2) is 0 Å². The molecule has 0 saturated carbocycles. The van der Waals surface area contributed by atoms with E-state index in [2.05, 4.69) is 10.6 Å². The minimum Gasteiger partial charge on any atom is -0.508 e. The fraction of sp³-hybridized carbons (Fsp3) is 0.394. The minimum atomic E-state index is -0.928. The van der Waals surface area contributed by atoms with Gasteiger partial charge in [-0.05, 0) is 85.3 Å². The second-order valence-electron chi connectivity index (χ2n) is 10.4. The van der Waals surface area contributed by atoms with E-state index in [1.54, 1.807) is 43.5 Å². The van der Waals surface area contributed by atoms with Crippen LogP contribution in [0.5, 0.6) is 11.5 Å². The van der Waals surface area contributed by atoms with Gasteiger partial charge in [-0.3, -0.25) is 9.59 Å². The van der Waals surface area contributed by atoms with E-state index in [0.717, 1.165) is 35.3 Å². The molecule has 0 heterocycles. The van der Waals surface area contributed by atoms with Gasteiger partial charge in [0.1, 0.15) is 11.5 Å². The number of carbonyl (C=O) groups excluding carboxylic acids is 2. The summed E-state index contributed by atoms with van der Waals surface area (Å²) in [5.41, 5.74) is 3.42. The Kier molecular flexibility index (Phi) is 12.2. The number of hydrogen-bond donors (Lipinski definition) is 4. The van der Waals surface area contributed by atoms with E-state index >= 15 is 0 Å². The molecule has 0 unspecified atom stereocenters. The third-order valence-corrected chi connectivity index (χ3v) is 6.82. The summed E-state index contributed by atoms with van der Waals surface area (Å²) in [5, 5.41) is 27.4. The summed E-state index contributed by atoms with van der Waals surface area (Å²) in [5.74, 6) is 0.396. The van der Waals surface area contributed by atoms with Crippen molar-refractivity contribution in [2.75, 3.05) is 26.7 Å². The highest BCUT2D eigenvalue weighted by Crippen LogP contribution is 2.17. The molecule has 3 rings (SSSR count). The molecule has 0 aliphatic heterocycles. The van der Waals surface area contributed by atoms with Crippen molar-refractivity contribution in [1.29, 1.82) is 0 Å². The molecule has 0 aliphatic carbocycles. The van der Waals surface area contributed by atoms with Crippen LogP contribution in [0.2, 0.25) is 0 Å². The predicted octanol–water partition coefficient (Wildman–Crippen LogP) is 4.46. The number of aliphatic hydroxyl groups excluding tert-OH is 1. The summed E-state index contributed by atoms with van der Waals surface area (Å²) in [7, 11) is 1.62. The summed E-state index contributed by atoms with van der Waals surface area (Å²) in [6.07, 6.45) is 1.08. The smallest absolute Gasteiger partial charge is 0.253 e. The van der Waals surface area contributed by atoms with E-state index in [4.69, 9.17) is 4.74 Å². The van der Waals surface area contributed by atoms with Gasteiger partial charge in [0, 0.05) is 37.3 Å². The van der Waals surface area contributed by atoms with E-state index in [0.29, 0.717) is 37.2 Å². The molecule has 0 aromatic heterocycles. The lowest BCUT2D eigenvalue weighted by atomic mass is 9.99. The Labute approximate surface area is 243 Å². The van der Waals surface area contributed by atoms with Crippen molar-refractivity contribution < 1.29 is 24.5 Å². The molecule has 0 radical (unpaired) electrons. The highest BCUT2D eigenvalue weighted by atomic mass is 16.5. The van der Waals surface area contributed by atoms with E-state index in [1.807, 2.05) is 56.0 Å². The lowest BCUT2D eigenvalue weighted by Crippen LogP contribution is -2.48. The first-order valence-electron chi connectivity index (χ1n) is 14.3. The monoisotopic (exact) mass is 561 g/mol. The summed E-state index contributed by atoms with van der Waals surface area (Å²) < 4.78 is 5.28. The molecule has 2 atom stereocenters. The molecular weight excluding hydrogens is 518 g/mol. The molecule has 3 aromatic rings. The predicted molar refractivity (Wildman–Crippen MR) is 161 cm³/mol. The molecule has 220 valence electrons. The fourth-order valence-corrected chi connectivity index (χ4v) is 4.84. The Morgan fingerprint density at radius 1 is 0.927 bits per heavy atom. The number of rotatable bonds is 15. The number of hydrogen-bond acceptors (Lipinski definition) is 6. The number of aryl methyl sites for hydroxylation is 1. The number of aliphatic hydroxyl groups is 1. The summed E-state index contributed by atoms with van der Waals surface area (Å²) in [4.78, 5) is 28.6. The average molecular weight is 562 g/mol. The molecule has 0 fully saturated rings. The van der Waals surface area contributed by atoms with Crippen LogP contribution in [0.4, 0.5) is 0 Å². The van der Waals surface area contributed by atoms with Crippen molar-refractivity contribution in [3.8, 4) is 11.5 Å². The van der Waals surface area contributed by atoms with Gasteiger partial charge in [-0.25, -0.2) is 0 Å². The second-order valence-corrected chi connectivity index (χ2v) is 10.4. The van der Waals surface area contributed by atoms with Crippen LogP contribution in [-0.2, 0) is 13.0 Å². The molecule has 41 heavy (non-hydrogen) atoms. The first-order valence-corrected chi connectivity index (χ1v) is 14.3. The lowest BCUT2D eigenvalue weighted by Gasteiger charge is -2.25. The molecule has 4 N–H and O–H groups in total. The van der Waals surface area contributed by atoms with Crippen LogP contribution in [0, 0.1) is 6.92 Å². The highest BCUT2D eigenvalue weighted by Gasteiger charge is 2.24. The number of methoxy groups -OCH3 is 1. The van der Waals surface area contributed by atoms with Gasteiger partial charge in [0.05, 0.1) is 19.3 Å². The number of ether oxygens (including phenoxy) is 1. The van der Waals surface area contributed by atoms with Crippen LogP contribution < -0.4 is 15.4 Å². The molecule has 2 amide bonds. The van der Waals surface area contributed by atoms with Gasteiger partial charge in [-0.15, -0.1) is 0 Å². The normalized spacial score (nSPS) is 12.4. The Hall–Kier alpha value is -3.88.